The van der Waals surface area contributed by atoms with Crippen LogP contribution in [0.4, 0.5) is 0 Å². The van der Waals surface area contributed by atoms with Crippen molar-refractivity contribution in [3.8, 4) is 56.0 Å². The molecule has 0 atom stereocenters. The van der Waals surface area contributed by atoms with Gasteiger partial charge >= 0.3 is 0 Å². The third-order valence-corrected chi connectivity index (χ3v) is 10.4. The zero-order chi connectivity index (χ0) is 31.7. The molecule has 48 heavy (non-hydrogen) atoms. The van der Waals surface area contributed by atoms with E-state index in [2.05, 4.69) is 182 Å². The molecule has 1 nitrogen and oxygen atoms in total. The summed E-state index contributed by atoms with van der Waals surface area (Å²) in [7, 11) is 0. The number of hydrogen-bond donors (Lipinski definition) is 0. The summed E-state index contributed by atoms with van der Waals surface area (Å²) in [5, 5.41) is 2.37. The fourth-order valence-electron chi connectivity index (χ4n) is 8.33. The molecule has 0 unspecified atom stereocenters. The highest BCUT2D eigenvalue weighted by atomic mass is 16.5. The molecule has 0 saturated carbocycles. The van der Waals surface area contributed by atoms with Gasteiger partial charge in [-0.1, -0.05) is 158 Å². The van der Waals surface area contributed by atoms with Gasteiger partial charge in [-0.2, -0.15) is 0 Å². The molecule has 8 aromatic carbocycles. The maximum atomic E-state index is 6.44. The third kappa shape index (κ3) is 3.79. The molecule has 0 fully saturated rings. The van der Waals surface area contributed by atoms with Crippen LogP contribution in [0.2, 0.25) is 0 Å². The van der Waals surface area contributed by atoms with E-state index in [1.807, 2.05) is 0 Å². The molecule has 10 rings (SSSR count). The van der Waals surface area contributed by atoms with Crippen molar-refractivity contribution in [2.45, 2.75) is 5.41 Å². The van der Waals surface area contributed by atoms with Crippen LogP contribution in [0.25, 0.3) is 55.3 Å². The van der Waals surface area contributed by atoms with Crippen LogP contribution in [0.5, 0.6) is 11.5 Å². The van der Waals surface area contributed by atoms with Gasteiger partial charge < -0.3 is 4.74 Å². The van der Waals surface area contributed by atoms with E-state index in [1.54, 1.807) is 0 Å². The van der Waals surface area contributed by atoms with Gasteiger partial charge in [-0.15, -0.1) is 0 Å². The Labute approximate surface area is 280 Å². The Hall–Kier alpha value is -6.18. The molecule has 1 heteroatoms. The lowest BCUT2D eigenvalue weighted by Crippen LogP contribution is -2.28. The summed E-state index contributed by atoms with van der Waals surface area (Å²) < 4.78 is 6.44. The Kier molecular flexibility index (Phi) is 5.86. The standard InChI is InChI=1S/C47H30O/c1-3-15-34(16-4-1)47(35-17-5-2-6-18-35)42-23-10-9-21-38(42)39-27-25-33(30-43(39)47)37-20-8-7-19-36(37)32-26-28-44-41(29-32)40-22-11-13-31-14-12-24-45(48-44)46(31)40/h1-30H. The molecule has 224 valence electrons. The van der Waals surface area contributed by atoms with Gasteiger partial charge in [0.1, 0.15) is 11.5 Å². The molecule has 0 spiro atoms. The van der Waals surface area contributed by atoms with Gasteiger partial charge in [-0.05, 0) is 90.8 Å². The lowest BCUT2D eigenvalue weighted by atomic mass is 9.67. The fraction of sp³-hybridized carbons (Fsp3) is 0.0213. The molecule has 0 aromatic heterocycles. The zero-order valence-corrected chi connectivity index (χ0v) is 26.2. The maximum Gasteiger partial charge on any atom is 0.135 e. The predicted molar refractivity (Wildman–Crippen MR) is 198 cm³/mol. The fourth-order valence-corrected chi connectivity index (χ4v) is 8.33. The van der Waals surface area contributed by atoms with Crippen LogP contribution in [0.3, 0.4) is 0 Å². The van der Waals surface area contributed by atoms with Crippen LogP contribution in [-0.2, 0) is 5.41 Å². The lowest BCUT2D eigenvalue weighted by molar-refractivity contribution is 0.487. The van der Waals surface area contributed by atoms with Crippen molar-refractivity contribution in [2.24, 2.45) is 0 Å². The lowest BCUT2D eigenvalue weighted by Gasteiger charge is -2.34. The summed E-state index contributed by atoms with van der Waals surface area (Å²) in [5.41, 5.74) is 14.5. The van der Waals surface area contributed by atoms with Crippen LogP contribution < -0.4 is 4.74 Å². The van der Waals surface area contributed by atoms with Crippen molar-refractivity contribution in [1.82, 2.24) is 0 Å². The average molecular weight is 611 g/mol. The molecule has 0 amide bonds. The summed E-state index contributed by atoms with van der Waals surface area (Å²) in [5.74, 6) is 1.82. The van der Waals surface area contributed by atoms with E-state index < -0.39 is 5.41 Å². The Morgan fingerprint density at radius 1 is 0.333 bits per heavy atom. The summed E-state index contributed by atoms with van der Waals surface area (Å²) in [6, 6.07) is 66.3. The first-order valence-corrected chi connectivity index (χ1v) is 16.6. The Morgan fingerprint density at radius 3 is 1.62 bits per heavy atom. The number of ether oxygens (including phenoxy) is 1. The van der Waals surface area contributed by atoms with Crippen molar-refractivity contribution in [2.75, 3.05) is 0 Å². The second kappa shape index (κ2) is 10.4. The summed E-state index contributed by atoms with van der Waals surface area (Å²) >= 11 is 0. The van der Waals surface area contributed by atoms with Crippen molar-refractivity contribution < 1.29 is 4.74 Å². The number of fused-ring (bicyclic) bond motifs is 5. The van der Waals surface area contributed by atoms with E-state index in [0.717, 1.165) is 17.1 Å². The molecule has 8 aromatic rings. The summed E-state index contributed by atoms with van der Waals surface area (Å²) in [6.07, 6.45) is 0. The molecule has 0 N–H and O–H groups in total. The SMILES string of the molecule is c1ccc(C2(c3ccccc3)c3ccccc3-c3ccc(-c4ccccc4-c4ccc5c(c4)-c4cccc6cccc(c46)O5)cc32)cc1. The van der Waals surface area contributed by atoms with Gasteiger partial charge in [0, 0.05) is 10.9 Å². The van der Waals surface area contributed by atoms with Crippen molar-refractivity contribution >= 4 is 10.8 Å². The molecular formula is C47H30O. The smallest absolute Gasteiger partial charge is 0.135 e. The molecule has 1 heterocycles. The molecule has 0 saturated heterocycles. The second-order valence-electron chi connectivity index (χ2n) is 12.8. The number of hydrogen-bond acceptors (Lipinski definition) is 1. The first kappa shape index (κ1) is 27.0. The van der Waals surface area contributed by atoms with E-state index in [1.165, 1.54) is 72.0 Å². The van der Waals surface area contributed by atoms with Gasteiger partial charge in [0.2, 0.25) is 0 Å². The third-order valence-electron chi connectivity index (χ3n) is 10.4. The van der Waals surface area contributed by atoms with Crippen molar-refractivity contribution in [3.05, 3.63) is 204 Å². The van der Waals surface area contributed by atoms with E-state index >= 15 is 0 Å². The topological polar surface area (TPSA) is 9.23 Å². The normalized spacial score (nSPS) is 13.3. The Morgan fingerprint density at radius 2 is 0.896 bits per heavy atom. The highest BCUT2D eigenvalue weighted by molar-refractivity contribution is 6.05. The van der Waals surface area contributed by atoms with Crippen LogP contribution >= 0.6 is 0 Å². The van der Waals surface area contributed by atoms with Crippen LogP contribution in [0.1, 0.15) is 22.3 Å². The van der Waals surface area contributed by atoms with E-state index in [4.69, 9.17) is 4.74 Å². The minimum Gasteiger partial charge on any atom is -0.456 e. The highest BCUT2D eigenvalue weighted by Crippen LogP contribution is 2.57. The molecular weight excluding hydrogens is 581 g/mol. The molecule has 1 aliphatic heterocycles. The quantitative estimate of drug-likeness (QED) is 0.193. The largest absolute Gasteiger partial charge is 0.456 e. The number of benzene rings is 8. The average Bonchev–Trinajstić information content (AvgIpc) is 3.46. The van der Waals surface area contributed by atoms with Crippen LogP contribution in [-0.4, -0.2) is 0 Å². The highest BCUT2D eigenvalue weighted by Gasteiger charge is 2.46. The minimum absolute atomic E-state index is 0.436. The van der Waals surface area contributed by atoms with Gasteiger partial charge in [0.05, 0.1) is 5.41 Å². The molecule has 1 aliphatic carbocycles. The Bertz CT molecular complexity index is 2480. The van der Waals surface area contributed by atoms with Crippen molar-refractivity contribution in [3.63, 3.8) is 0 Å². The van der Waals surface area contributed by atoms with Gasteiger partial charge in [0.15, 0.2) is 0 Å². The van der Waals surface area contributed by atoms with E-state index in [-0.39, 0.29) is 0 Å². The summed E-state index contributed by atoms with van der Waals surface area (Å²) in [4.78, 5) is 0. The van der Waals surface area contributed by atoms with Gasteiger partial charge in [-0.3, -0.25) is 0 Å². The molecule has 0 radical (unpaired) electrons. The molecule has 2 aliphatic rings. The van der Waals surface area contributed by atoms with Crippen molar-refractivity contribution in [1.29, 1.82) is 0 Å². The maximum absolute atomic E-state index is 6.44. The monoisotopic (exact) mass is 610 g/mol. The minimum atomic E-state index is -0.436. The van der Waals surface area contributed by atoms with E-state index in [9.17, 15) is 0 Å². The van der Waals surface area contributed by atoms with Gasteiger partial charge in [0.25, 0.3) is 0 Å². The Balaban J connectivity index is 1.18. The summed E-state index contributed by atoms with van der Waals surface area (Å²) in [6.45, 7) is 0. The molecule has 0 bridgehead atoms. The van der Waals surface area contributed by atoms with E-state index in [0.29, 0.717) is 0 Å². The van der Waals surface area contributed by atoms with Gasteiger partial charge in [-0.25, -0.2) is 0 Å². The first-order chi connectivity index (χ1) is 23.8. The zero-order valence-electron chi connectivity index (χ0n) is 26.2. The second-order valence-corrected chi connectivity index (χ2v) is 12.8. The van der Waals surface area contributed by atoms with Crippen LogP contribution in [0.15, 0.2) is 182 Å². The number of rotatable bonds is 4. The first-order valence-electron chi connectivity index (χ1n) is 16.6. The predicted octanol–water partition coefficient (Wildman–Crippen LogP) is 12.3. The van der Waals surface area contributed by atoms with Crippen LogP contribution in [0, 0.1) is 0 Å².